The summed E-state index contributed by atoms with van der Waals surface area (Å²) in [5, 5.41) is 0. The number of benzene rings is 1. The third kappa shape index (κ3) is 6.05. The van der Waals surface area contributed by atoms with Gasteiger partial charge in [0.25, 0.3) is 0 Å². The van der Waals surface area contributed by atoms with Crippen LogP contribution in [-0.2, 0) is 0 Å². The Bertz CT molecular complexity index is 451. The molecule has 0 amide bonds. The highest BCUT2D eigenvalue weighted by atomic mass is 127. The Hall–Kier alpha value is -1.08. The number of nitrogens with two attached hydrogens (primary N) is 1. The van der Waals surface area contributed by atoms with Gasteiger partial charge in [0.05, 0.1) is 0 Å². The summed E-state index contributed by atoms with van der Waals surface area (Å²) in [6.07, 6.45) is 4.41. The minimum atomic E-state index is 0. The number of guanidine groups is 1. The zero-order valence-corrected chi connectivity index (χ0v) is 14.9. The van der Waals surface area contributed by atoms with E-state index in [-0.39, 0.29) is 24.0 Å². The molecule has 0 aromatic heterocycles. The van der Waals surface area contributed by atoms with Crippen LogP contribution in [0, 0.1) is 0 Å². The topological polar surface area (TPSA) is 44.9 Å². The highest BCUT2D eigenvalue weighted by Gasteiger charge is 2.16. The Morgan fingerprint density at radius 3 is 2.48 bits per heavy atom. The van der Waals surface area contributed by atoms with Gasteiger partial charge in [-0.05, 0) is 12.5 Å². The Morgan fingerprint density at radius 2 is 1.86 bits per heavy atom. The molecular formula is C16H25IN4. The van der Waals surface area contributed by atoms with Crippen LogP contribution in [0.15, 0.2) is 41.4 Å². The van der Waals surface area contributed by atoms with Crippen molar-refractivity contribution in [2.75, 3.05) is 39.3 Å². The van der Waals surface area contributed by atoms with Gasteiger partial charge in [0.15, 0.2) is 5.96 Å². The first kappa shape index (κ1) is 18.0. The number of hydrogen-bond donors (Lipinski definition) is 1. The van der Waals surface area contributed by atoms with Gasteiger partial charge in [0.2, 0.25) is 0 Å². The molecule has 1 aromatic rings. The summed E-state index contributed by atoms with van der Waals surface area (Å²) in [5.41, 5.74) is 7.18. The molecule has 1 saturated heterocycles. The smallest absolute Gasteiger partial charge is 0.191 e. The lowest BCUT2D eigenvalue weighted by atomic mass is 10.2. The monoisotopic (exact) mass is 400 g/mol. The summed E-state index contributed by atoms with van der Waals surface area (Å²) in [6.45, 7) is 7.78. The van der Waals surface area contributed by atoms with E-state index in [0.717, 1.165) is 39.3 Å². The molecule has 0 spiro atoms. The maximum atomic E-state index is 5.92. The van der Waals surface area contributed by atoms with Gasteiger partial charge in [-0.1, -0.05) is 42.5 Å². The Balaban J connectivity index is 0.00000220. The molecule has 1 heterocycles. The van der Waals surface area contributed by atoms with Crippen molar-refractivity contribution in [3.63, 3.8) is 0 Å². The quantitative estimate of drug-likeness (QED) is 0.479. The lowest BCUT2D eigenvalue weighted by molar-refractivity contribution is 0.196. The molecule has 0 radical (unpaired) electrons. The minimum absolute atomic E-state index is 0. The molecule has 0 aliphatic carbocycles. The average molecular weight is 400 g/mol. The van der Waals surface area contributed by atoms with Crippen LogP contribution in [0.4, 0.5) is 0 Å². The molecule has 4 nitrogen and oxygen atoms in total. The molecule has 2 N–H and O–H groups in total. The zero-order chi connectivity index (χ0) is 14.2. The Morgan fingerprint density at radius 1 is 1.19 bits per heavy atom. The number of hydrogen-bond acceptors (Lipinski definition) is 2. The summed E-state index contributed by atoms with van der Waals surface area (Å²) < 4.78 is 0. The minimum Gasteiger partial charge on any atom is -0.370 e. The van der Waals surface area contributed by atoms with Crippen molar-refractivity contribution in [1.29, 1.82) is 0 Å². The van der Waals surface area contributed by atoms with Crippen molar-refractivity contribution in [3.8, 4) is 0 Å². The summed E-state index contributed by atoms with van der Waals surface area (Å²) in [6, 6.07) is 10.4. The van der Waals surface area contributed by atoms with Crippen LogP contribution in [-0.4, -0.2) is 55.0 Å². The summed E-state index contributed by atoms with van der Waals surface area (Å²) in [7, 11) is 0. The van der Waals surface area contributed by atoms with Gasteiger partial charge in [0.1, 0.15) is 0 Å². The van der Waals surface area contributed by atoms with Crippen LogP contribution in [0.3, 0.4) is 0 Å². The molecule has 116 valence electrons. The van der Waals surface area contributed by atoms with E-state index in [1.54, 1.807) is 0 Å². The first-order chi connectivity index (χ1) is 9.79. The molecule has 5 heteroatoms. The number of piperazine rings is 1. The second kappa shape index (κ2) is 9.78. The van der Waals surface area contributed by atoms with E-state index < -0.39 is 0 Å². The molecule has 0 atom stereocenters. The van der Waals surface area contributed by atoms with Crippen LogP contribution in [0.2, 0.25) is 0 Å². The second-order valence-electron chi connectivity index (χ2n) is 4.93. The van der Waals surface area contributed by atoms with Crippen LogP contribution < -0.4 is 5.73 Å². The van der Waals surface area contributed by atoms with Gasteiger partial charge in [-0.3, -0.25) is 9.89 Å². The SMILES string of the molecule is CCN=C(N)N1CCN(CC=Cc2ccccc2)CC1.I. The van der Waals surface area contributed by atoms with Gasteiger partial charge in [-0.2, -0.15) is 0 Å². The van der Waals surface area contributed by atoms with E-state index in [0.29, 0.717) is 5.96 Å². The third-order valence-corrected chi connectivity index (χ3v) is 3.49. The molecule has 1 aliphatic rings. The van der Waals surface area contributed by atoms with Gasteiger partial charge in [-0.25, -0.2) is 0 Å². The molecule has 21 heavy (non-hydrogen) atoms. The third-order valence-electron chi connectivity index (χ3n) is 3.49. The maximum Gasteiger partial charge on any atom is 0.191 e. The predicted octanol–water partition coefficient (Wildman–Crippen LogP) is 2.27. The molecule has 0 unspecified atom stereocenters. The fourth-order valence-corrected chi connectivity index (χ4v) is 2.32. The van der Waals surface area contributed by atoms with Crippen LogP contribution in [0.25, 0.3) is 6.08 Å². The van der Waals surface area contributed by atoms with Crippen molar-refractivity contribution >= 4 is 36.0 Å². The number of halogens is 1. The lowest BCUT2D eigenvalue weighted by Gasteiger charge is -2.34. The van der Waals surface area contributed by atoms with Crippen molar-refractivity contribution in [2.24, 2.45) is 10.7 Å². The number of aliphatic imine (C=N–C) groups is 1. The van der Waals surface area contributed by atoms with E-state index in [4.69, 9.17) is 5.73 Å². The summed E-state index contributed by atoms with van der Waals surface area (Å²) in [5.74, 6) is 0.687. The van der Waals surface area contributed by atoms with E-state index in [2.05, 4.69) is 51.2 Å². The first-order valence-corrected chi connectivity index (χ1v) is 7.28. The first-order valence-electron chi connectivity index (χ1n) is 7.28. The van der Waals surface area contributed by atoms with Crippen molar-refractivity contribution in [3.05, 3.63) is 42.0 Å². The molecule has 0 bridgehead atoms. The molecule has 1 aliphatic heterocycles. The Labute approximate surface area is 144 Å². The molecule has 0 saturated carbocycles. The van der Waals surface area contributed by atoms with E-state index in [9.17, 15) is 0 Å². The van der Waals surface area contributed by atoms with Gasteiger partial charge in [0, 0.05) is 39.3 Å². The number of nitrogens with zero attached hydrogens (tertiary/aromatic N) is 3. The standard InChI is InChI=1S/C16H24N4.HI/c1-2-18-16(17)20-13-11-19(12-14-20)10-6-9-15-7-4-3-5-8-15;/h3-9H,2,10-14H2,1H3,(H2,17,18);1H. The zero-order valence-electron chi connectivity index (χ0n) is 12.6. The predicted molar refractivity (Wildman–Crippen MR) is 101 cm³/mol. The van der Waals surface area contributed by atoms with Gasteiger partial charge in [-0.15, -0.1) is 24.0 Å². The maximum absolute atomic E-state index is 5.92. The normalized spacial score (nSPS) is 17.0. The van der Waals surface area contributed by atoms with E-state index in [1.165, 1.54) is 5.56 Å². The Kier molecular flexibility index (Phi) is 8.37. The fraction of sp³-hybridized carbons (Fsp3) is 0.438. The second-order valence-corrected chi connectivity index (χ2v) is 4.93. The largest absolute Gasteiger partial charge is 0.370 e. The van der Waals surface area contributed by atoms with Gasteiger partial charge >= 0.3 is 0 Å². The van der Waals surface area contributed by atoms with Crippen LogP contribution in [0.1, 0.15) is 12.5 Å². The summed E-state index contributed by atoms with van der Waals surface area (Å²) in [4.78, 5) is 8.87. The van der Waals surface area contributed by atoms with Crippen molar-refractivity contribution in [2.45, 2.75) is 6.92 Å². The van der Waals surface area contributed by atoms with Crippen molar-refractivity contribution < 1.29 is 0 Å². The molecule has 2 rings (SSSR count). The average Bonchev–Trinajstić information content (AvgIpc) is 2.49. The molecule has 1 aromatic carbocycles. The van der Waals surface area contributed by atoms with Gasteiger partial charge < -0.3 is 10.6 Å². The number of rotatable bonds is 4. The van der Waals surface area contributed by atoms with Crippen molar-refractivity contribution in [1.82, 2.24) is 9.80 Å². The fourth-order valence-electron chi connectivity index (χ4n) is 2.32. The highest BCUT2D eigenvalue weighted by Crippen LogP contribution is 2.04. The lowest BCUT2D eigenvalue weighted by Crippen LogP contribution is -2.51. The molecular weight excluding hydrogens is 375 g/mol. The van der Waals surface area contributed by atoms with Crippen LogP contribution >= 0.6 is 24.0 Å². The van der Waals surface area contributed by atoms with E-state index in [1.807, 2.05) is 13.0 Å². The van der Waals surface area contributed by atoms with Crippen LogP contribution in [0.5, 0.6) is 0 Å². The molecule has 1 fully saturated rings. The highest BCUT2D eigenvalue weighted by molar-refractivity contribution is 14.0. The van der Waals surface area contributed by atoms with E-state index >= 15 is 0 Å². The summed E-state index contributed by atoms with van der Waals surface area (Å²) >= 11 is 0.